The quantitative estimate of drug-likeness (QED) is 0.142. The Hall–Kier alpha value is -13.8. The zero-order valence-electron chi connectivity index (χ0n) is 64.8. The topological polar surface area (TPSA) is 201 Å². The van der Waals surface area contributed by atoms with Crippen LogP contribution in [0.3, 0.4) is 0 Å². The first-order chi connectivity index (χ1) is 55.5. The van der Waals surface area contributed by atoms with Gasteiger partial charge >= 0.3 is 17.4 Å². The highest BCUT2D eigenvalue weighted by Crippen LogP contribution is 2.43. The van der Waals surface area contributed by atoms with E-state index in [2.05, 4.69) is 190 Å². The number of thiophene rings is 1. The van der Waals surface area contributed by atoms with Crippen molar-refractivity contribution in [1.82, 2.24) is 86.4 Å². The molecule has 25 heterocycles. The molecule has 0 atom stereocenters. The van der Waals surface area contributed by atoms with Gasteiger partial charge in [0.25, 0.3) is 34.4 Å². The van der Waals surface area contributed by atoms with Gasteiger partial charge in [0, 0.05) is 132 Å². The molecule has 26 rings (SSSR count). The van der Waals surface area contributed by atoms with Gasteiger partial charge in [0.15, 0.2) is 33.5 Å². The van der Waals surface area contributed by atoms with Crippen LogP contribution in [0.1, 0.15) is 36.0 Å². The molecule has 5 aliphatic heterocycles. The molecule has 0 unspecified atom stereocenters. The summed E-state index contributed by atoms with van der Waals surface area (Å²) in [6, 6.07) is 40.6. The molecule has 0 spiro atoms. The van der Waals surface area contributed by atoms with Crippen molar-refractivity contribution < 1.29 is 35.5 Å². The Balaban J connectivity index is 0.0000000873. The first-order valence-corrected chi connectivity index (χ1v) is 36.2. The Kier molecular flexibility index (Phi) is 11.9. The Morgan fingerprint density at radius 3 is 1.31 bits per heavy atom. The smallest absolute Gasteiger partial charge is 0.339 e. The average molecular weight is 1440 g/mol. The molecule has 0 N–H and O–H groups in total. The summed E-state index contributed by atoms with van der Waals surface area (Å²) in [7, 11) is 10.5. The van der Waals surface area contributed by atoms with Crippen molar-refractivity contribution in [2.75, 3.05) is 0 Å². The summed E-state index contributed by atoms with van der Waals surface area (Å²) in [4.78, 5) is 45.3. The van der Waals surface area contributed by atoms with E-state index in [0.717, 1.165) is 103 Å². The minimum Gasteiger partial charge on any atom is -0.419 e. The molecule has 0 bridgehead atoms. The van der Waals surface area contributed by atoms with E-state index in [0.29, 0.717) is 34.5 Å². The van der Waals surface area contributed by atoms with Gasteiger partial charge in [0.05, 0.1) is 104 Å². The highest BCUT2D eigenvalue weighted by atomic mass is 32.1. The Morgan fingerprint density at radius 2 is 0.778 bits per heavy atom. The molecule has 0 fully saturated rings. The zero-order valence-corrected chi connectivity index (χ0v) is 59.7. The van der Waals surface area contributed by atoms with Crippen molar-refractivity contribution >= 4 is 120 Å². The summed E-state index contributed by atoms with van der Waals surface area (Å²) < 4.78 is 82.4. The number of hydrogen-bond donors (Lipinski definition) is 0. The highest BCUT2D eigenvalue weighted by Gasteiger charge is 2.42. The third kappa shape index (κ3) is 8.51. The molecule has 5 aliphatic rings. The van der Waals surface area contributed by atoms with Crippen molar-refractivity contribution in [3.63, 3.8) is 0 Å². The summed E-state index contributed by atoms with van der Waals surface area (Å²) in [5, 5.41) is 5.26. The van der Waals surface area contributed by atoms with Crippen LogP contribution in [0.4, 0.5) is 0 Å². The molecule has 20 aromatic heterocycles. The van der Waals surface area contributed by atoms with Crippen LogP contribution in [-0.2, 0) is 81.9 Å². The average Bonchev–Trinajstić information content (AvgIpc) is 1.53. The first kappa shape index (κ1) is 55.7. The van der Waals surface area contributed by atoms with E-state index in [1.165, 1.54) is 105 Å². The first-order valence-electron chi connectivity index (χ1n) is 38.4. The standard InChI is InChI=1S/C21H16N5.2C16H14N5.C15H11N4O.C15H11N4S/c1-24-20-18-14(6-5-10-23-18)13-25(20)19-16-12-22-11-9-17(16)26(21(19)24)15-7-3-2-4-8-15;2*1-19-12-5-7-17-8-11(12)14-16(19)20(2)15-13-10(9-21(14)15)4-3-6-18-13;2*1-18-14-12-9(3-2-5-17-12)8-19(14)13-10-7-16-6-4-11(10)20-15(13)18/h2-12H,13H2,1H3;2*3-8H,9H2,1-2H3;2*2-7H,8H2,1H3/q5*+1/i;1D3,2D3;;;. The van der Waals surface area contributed by atoms with Gasteiger partial charge in [-0.2, -0.15) is 4.57 Å². The molecular formula is C83H66N23OS+5. The zero-order chi connectivity index (χ0) is 77.1. The van der Waals surface area contributed by atoms with Crippen LogP contribution in [0.15, 0.2) is 219 Å². The number of pyridine rings is 10. The summed E-state index contributed by atoms with van der Waals surface area (Å²) >= 11 is 1.82. The number of rotatable bonds is 1. The number of aromatic nitrogens is 23. The van der Waals surface area contributed by atoms with E-state index >= 15 is 0 Å². The van der Waals surface area contributed by atoms with Crippen LogP contribution >= 0.6 is 11.3 Å². The molecule has 21 aromatic rings. The third-order valence-electron chi connectivity index (χ3n) is 22.0. The minimum absolute atomic E-state index is 0.129. The number of benzene rings is 1. The van der Waals surface area contributed by atoms with Crippen molar-refractivity contribution in [1.29, 1.82) is 0 Å². The normalized spacial score (nSPS) is 14.0. The van der Waals surface area contributed by atoms with Crippen molar-refractivity contribution in [3.05, 3.63) is 242 Å². The maximum atomic E-state index is 8.10. The Labute approximate surface area is 626 Å². The number of aryl methyl sites for hydroxylation is 7. The predicted octanol–water partition coefficient (Wildman–Crippen LogP) is 11.3. The second-order valence-corrected chi connectivity index (χ2v) is 28.7. The predicted molar refractivity (Wildman–Crippen MR) is 411 cm³/mol. The van der Waals surface area contributed by atoms with E-state index in [1.807, 2.05) is 134 Å². The number of furan rings is 1. The van der Waals surface area contributed by atoms with E-state index in [9.17, 15) is 0 Å². The SMILES string of the molecule is C[n+]1c2n(c3c4cnccc4n(-c4ccccc4)c31)Cc1cccnc1-2.C[n+]1c2n(c3c4cnccc4oc31)Cc1cccnc1-2.C[n+]1c2n(c3c4cnccc4sc31)Cc1cccnc1-2.Cn1c2ccncc2c2c1[n+](C)c1n2Cc2cccnc2-1.[2H]C([2H])([2H])n1c2ccncc2c2c1[n+](C([2H])([2H])[2H])c1n2Cc2cccnc2-1. The maximum absolute atomic E-state index is 8.10. The van der Waals surface area contributed by atoms with Crippen molar-refractivity contribution in [2.45, 2.75) is 32.7 Å². The fourth-order valence-corrected chi connectivity index (χ4v) is 18.7. The van der Waals surface area contributed by atoms with Crippen LogP contribution in [0.25, 0.3) is 172 Å². The number of nitrogens with zero attached hydrogens (tertiary/aromatic N) is 23. The van der Waals surface area contributed by atoms with Gasteiger partial charge in [-0.05, 0) is 66.7 Å². The van der Waals surface area contributed by atoms with Gasteiger partial charge in [0.1, 0.15) is 58.0 Å². The van der Waals surface area contributed by atoms with Gasteiger partial charge in [-0.3, -0.25) is 34.1 Å². The van der Waals surface area contributed by atoms with Crippen LogP contribution in [0.2, 0.25) is 0 Å². The molecule has 0 saturated carbocycles. The Bertz CT molecular complexity index is 7510. The lowest BCUT2D eigenvalue weighted by molar-refractivity contribution is -0.640. The van der Waals surface area contributed by atoms with Gasteiger partial charge in [-0.1, -0.05) is 59.9 Å². The fourth-order valence-electron chi connectivity index (χ4n) is 17.5. The van der Waals surface area contributed by atoms with Crippen molar-refractivity contribution in [2.24, 2.45) is 49.2 Å². The van der Waals surface area contributed by atoms with Crippen LogP contribution in [0, 0.1) is 0 Å². The molecule has 24 nitrogen and oxygen atoms in total. The Morgan fingerprint density at radius 1 is 0.370 bits per heavy atom. The third-order valence-corrected chi connectivity index (χ3v) is 23.2. The summed E-state index contributed by atoms with van der Waals surface area (Å²) in [6.45, 7) is -1.25. The molecule has 520 valence electrons. The maximum Gasteiger partial charge on any atom is 0.339 e. The van der Waals surface area contributed by atoms with E-state index < -0.39 is 14.0 Å². The fraction of sp³-hybridized carbons (Fsp3) is 0.145. The van der Waals surface area contributed by atoms with Crippen LogP contribution < -0.4 is 22.8 Å². The number of fused-ring (bicyclic) bond motifs is 35. The van der Waals surface area contributed by atoms with E-state index in [4.69, 9.17) is 12.6 Å². The van der Waals surface area contributed by atoms with Crippen LogP contribution in [0.5, 0.6) is 0 Å². The van der Waals surface area contributed by atoms with E-state index in [1.54, 1.807) is 30.7 Å². The van der Waals surface area contributed by atoms with Gasteiger partial charge < -0.3 is 4.42 Å². The monoisotopic (exact) mass is 1440 g/mol. The van der Waals surface area contributed by atoms with E-state index in [-0.39, 0.29) is 5.65 Å². The lowest BCUT2D eigenvalue weighted by Crippen LogP contribution is -2.31. The summed E-state index contributed by atoms with van der Waals surface area (Å²) in [5.41, 5.74) is 24.5. The van der Waals surface area contributed by atoms with Crippen molar-refractivity contribution in [3.8, 4) is 63.3 Å². The molecule has 0 saturated heterocycles. The van der Waals surface area contributed by atoms with Gasteiger partial charge in [0.2, 0.25) is 10.3 Å². The number of imidazole rings is 5. The second-order valence-electron chi connectivity index (χ2n) is 27.7. The lowest BCUT2D eigenvalue weighted by Gasteiger charge is -2.03. The molecular weight excluding hydrogens is 1370 g/mol. The van der Waals surface area contributed by atoms with Gasteiger partial charge in [-0.15, -0.1) is 0 Å². The second kappa shape index (κ2) is 23.1. The summed E-state index contributed by atoms with van der Waals surface area (Å²) in [5.74, 6) is 5.02. The van der Waals surface area contributed by atoms with Gasteiger partial charge in [-0.25, -0.2) is 70.6 Å². The molecule has 1 aromatic carbocycles. The molecule has 0 aliphatic carbocycles. The minimum atomic E-state index is -2.58. The highest BCUT2D eigenvalue weighted by molar-refractivity contribution is 7.25. The lowest BCUT2D eigenvalue weighted by atomic mass is 10.2. The largest absolute Gasteiger partial charge is 0.419 e. The molecule has 108 heavy (non-hydrogen) atoms. The molecule has 0 amide bonds. The molecule has 0 radical (unpaired) electrons. The number of hydrogen-bond acceptors (Lipinski definition) is 12. The summed E-state index contributed by atoms with van der Waals surface area (Å²) in [6.07, 6.45) is 27.2. The van der Waals surface area contributed by atoms with Crippen LogP contribution in [-0.4, -0.2) is 86.4 Å². The number of para-hydroxylation sites is 1. The molecule has 25 heteroatoms.